The van der Waals surface area contributed by atoms with Crippen LogP contribution in [0.5, 0.6) is 5.75 Å². The lowest BCUT2D eigenvalue weighted by Gasteiger charge is -2.06. The first-order valence-corrected chi connectivity index (χ1v) is 9.01. The number of anilines is 1. The van der Waals surface area contributed by atoms with Crippen LogP contribution in [-0.4, -0.2) is 31.8 Å². The van der Waals surface area contributed by atoms with Crippen molar-refractivity contribution in [3.05, 3.63) is 47.4 Å². The predicted molar refractivity (Wildman–Crippen MR) is 102 cm³/mol. The number of ether oxygens (including phenoxy) is 1. The monoisotopic (exact) mass is 366 g/mol. The fourth-order valence-electron chi connectivity index (χ4n) is 2.69. The van der Waals surface area contributed by atoms with E-state index in [0.29, 0.717) is 12.4 Å². The highest BCUT2D eigenvalue weighted by Crippen LogP contribution is 2.26. The van der Waals surface area contributed by atoms with Crippen LogP contribution in [-0.2, 0) is 13.6 Å². The van der Waals surface area contributed by atoms with E-state index in [9.17, 15) is 0 Å². The zero-order chi connectivity index (χ0) is 18.1. The zero-order valence-corrected chi connectivity index (χ0v) is 15.5. The molecule has 0 atom stereocenters. The van der Waals surface area contributed by atoms with E-state index < -0.39 is 0 Å². The van der Waals surface area contributed by atoms with Gasteiger partial charge in [0, 0.05) is 18.0 Å². The number of nitrogens with one attached hydrogen (secondary N) is 1. The maximum Gasteiger partial charge on any atom is 0.163 e. The number of methoxy groups -OCH3 is 1. The molecule has 0 bridgehead atoms. The van der Waals surface area contributed by atoms with Crippen molar-refractivity contribution in [3.8, 4) is 16.3 Å². The summed E-state index contributed by atoms with van der Waals surface area (Å²) in [5.74, 6) is 2.33. The van der Waals surface area contributed by atoms with Crippen molar-refractivity contribution in [2.45, 2.75) is 13.5 Å². The number of thiazole rings is 1. The molecular formula is C18H18N6OS. The van der Waals surface area contributed by atoms with E-state index in [4.69, 9.17) is 9.72 Å². The minimum Gasteiger partial charge on any atom is -0.497 e. The van der Waals surface area contributed by atoms with Gasteiger partial charge in [0.1, 0.15) is 22.4 Å². The maximum atomic E-state index is 5.20. The summed E-state index contributed by atoms with van der Waals surface area (Å²) < 4.78 is 6.95. The zero-order valence-electron chi connectivity index (χ0n) is 14.7. The highest BCUT2D eigenvalue weighted by molar-refractivity contribution is 7.13. The number of fused-ring (bicyclic) bond motifs is 1. The molecule has 4 rings (SSSR count). The molecule has 0 aliphatic carbocycles. The average molecular weight is 366 g/mol. The summed E-state index contributed by atoms with van der Waals surface area (Å²) in [5, 5.41) is 11.6. The van der Waals surface area contributed by atoms with Crippen LogP contribution >= 0.6 is 11.3 Å². The topological polar surface area (TPSA) is 77.8 Å². The Morgan fingerprint density at radius 3 is 2.73 bits per heavy atom. The molecule has 7 nitrogen and oxygen atoms in total. The summed E-state index contributed by atoms with van der Waals surface area (Å²) in [4.78, 5) is 13.6. The molecule has 0 unspecified atom stereocenters. The van der Waals surface area contributed by atoms with Crippen molar-refractivity contribution in [3.63, 3.8) is 0 Å². The van der Waals surface area contributed by atoms with Gasteiger partial charge in [-0.2, -0.15) is 5.10 Å². The molecule has 4 aromatic rings. The highest BCUT2D eigenvalue weighted by Gasteiger charge is 2.11. The van der Waals surface area contributed by atoms with Crippen LogP contribution in [0.3, 0.4) is 0 Å². The number of hydrogen-bond donors (Lipinski definition) is 1. The van der Waals surface area contributed by atoms with Crippen LogP contribution in [0, 0.1) is 6.92 Å². The van der Waals surface area contributed by atoms with E-state index in [0.717, 1.165) is 38.9 Å². The lowest BCUT2D eigenvalue weighted by Crippen LogP contribution is -2.05. The van der Waals surface area contributed by atoms with E-state index in [2.05, 4.69) is 25.8 Å². The van der Waals surface area contributed by atoms with E-state index in [1.165, 1.54) is 0 Å². The number of rotatable bonds is 5. The maximum absolute atomic E-state index is 5.20. The van der Waals surface area contributed by atoms with Crippen molar-refractivity contribution in [1.29, 1.82) is 0 Å². The first-order valence-electron chi connectivity index (χ1n) is 8.13. The fourth-order valence-corrected chi connectivity index (χ4v) is 3.52. The largest absolute Gasteiger partial charge is 0.497 e. The Kier molecular flexibility index (Phi) is 4.26. The second-order valence-electron chi connectivity index (χ2n) is 5.85. The third kappa shape index (κ3) is 3.11. The Morgan fingerprint density at radius 1 is 1.15 bits per heavy atom. The van der Waals surface area contributed by atoms with Gasteiger partial charge in [0.15, 0.2) is 5.65 Å². The first kappa shape index (κ1) is 16.5. The fraction of sp³-hybridized carbons (Fsp3) is 0.222. The van der Waals surface area contributed by atoms with Crippen LogP contribution in [0.25, 0.3) is 21.6 Å². The summed E-state index contributed by atoms with van der Waals surface area (Å²) in [5.41, 5.74) is 2.86. The minimum atomic E-state index is 0.590. The quantitative estimate of drug-likeness (QED) is 0.583. The molecule has 0 fully saturated rings. The lowest BCUT2D eigenvalue weighted by atomic mass is 10.2. The molecule has 0 saturated heterocycles. The summed E-state index contributed by atoms with van der Waals surface area (Å²) in [6.07, 6.45) is 1.78. The van der Waals surface area contributed by atoms with Crippen LogP contribution in [0.15, 0.2) is 35.8 Å². The smallest absolute Gasteiger partial charge is 0.163 e. The number of aryl methyl sites for hydroxylation is 2. The number of aromatic nitrogens is 5. The molecular weight excluding hydrogens is 348 g/mol. The van der Waals surface area contributed by atoms with Crippen LogP contribution in [0.4, 0.5) is 5.82 Å². The molecule has 0 saturated carbocycles. The Bertz CT molecular complexity index is 1050. The Morgan fingerprint density at radius 2 is 1.96 bits per heavy atom. The Balaban J connectivity index is 1.53. The molecule has 0 amide bonds. The lowest BCUT2D eigenvalue weighted by molar-refractivity contribution is 0.415. The van der Waals surface area contributed by atoms with Crippen LogP contribution in [0.1, 0.15) is 11.5 Å². The summed E-state index contributed by atoms with van der Waals surface area (Å²) in [6, 6.07) is 7.92. The molecule has 26 heavy (non-hydrogen) atoms. The SMILES string of the molecule is COc1ccc(-c2nc(CNc3nc(C)nc4c3cnn4C)cs2)cc1. The van der Waals surface area contributed by atoms with Gasteiger partial charge in [-0.1, -0.05) is 0 Å². The minimum absolute atomic E-state index is 0.590. The standard InChI is InChI=1S/C18H18N6OS/c1-11-21-16(15-9-20-24(2)17(15)22-11)19-8-13-10-26-18(23-13)12-4-6-14(25-3)7-5-12/h4-7,9-10H,8H2,1-3H3,(H,19,21,22). The van der Waals surface area contributed by atoms with E-state index in [1.807, 2.05) is 38.2 Å². The van der Waals surface area contributed by atoms with Gasteiger partial charge in [0.05, 0.1) is 30.9 Å². The molecule has 0 aliphatic rings. The molecule has 132 valence electrons. The van der Waals surface area contributed by atoms with Gasteiger partial charge < -0.3 is 10.1 Å². The van der Waals surface area contributed by atoms with Gasteiger partial charge in [-0.3, -0.25) is 4.68 Å². The van der Waals surface area contributed by atoms with E-state index >= 15 is 0 Å². The van der Waals surface area contributed by atoms with Gasteiger partial charge in [-0.25, -0.2) is 15.0 Å². The summed E-state index contributed by atoms with van der Waals surface area (Å²) in [7, 11) is 3.54. The van der Waals surface area contributed by atoms with Crippen molar-refractivity contribution >= 4 is 28.2 Å². The number of nitrogens with zero attached hydrogens (tertiary/aromatic N) is 5. The second-order valence-corrected chi connectivity index (χ2v) is 6.71. The molecule has 3 aromatic heterocycles. The second kappa shape index (κ2) is 6.72. The Labute approximate surface area is 154 Å². The number of hydrogen-bond acceptors (Lipinski definition) is 7. The van der Waals surface area contributed by atoms with Gasteiger partial charge >= 0.3 is 0 Å². The van der Waals surface area contributed by atoms with Gasteiger partial charge in [-0.05, 0) is 31.2 Å². The summed E-state index contributed by atoms with van der Waals surface area (Å²) >= 11 is 1.62. The summed E-state index contributed by atoms with van der Waals surface area (Å²) in [6.45, 7) is 2.47. The molecule has 8 heteroatoms. The molecule has 0 radical (unpaired) electrons. The number of benzene rings is 1. The van der Waals surface area contributed by atoms with Crippen molar-refractivity contribution in [2.75, 3.05) is 12.4 Å². The van der Waals surface area contributed by atoms with Gasteiger partial charge in [-0.15, -0.1) is 11.3 Å². The van der Waals surface area contributed by atoms with E-state index in [1.54, 1.807) is 29.3 Å². The molecule has 3 heterocycles. The van der Waals surface area contributed by atoms with Crippen molar-refractivity contribution in [1.82, 2.24) is 24.7 Å². The van der Waals surface area contributed by atoms with Gasteiger partial charge in [0.25, 0.3) is 0 Å². The predicted octanol–water partition coefficient (Wildman–Crippen LogP) is 3.42. The Hall–Kier alpha value is -3.00. The molecule has 0 spiro atoms. The normalized spacial score (nSPS) is 11.0. The first-order chi connectivity index (χ1) is 12.6. The molecule has 1 N–H and O–H groups in total. The van der Waals surface area contributed by atoms with Crippen LogP contribution < -0.4 is 10.1 Å². The van der Waals surface area contributed by atoms with Crippen molar-refractivity contribution in [2.24, 2.45) is 7.05 Å². The van der Waals surface area contributed by atoms with Crippen molar-refractivity contribution < 1.29 is 4.74 Å². The third-order valence-corrected chi connectivity index (χ3v) is 4.97. The molecule has 0 aliphatic heterocycles. The van der Waals surface area contributed by atoms with Crippen LogP contribution in [0.2, 0.25) is 0 Å². The average Bonchev–Trinajstić information content (AvgIpc) is 3.27. The molecule has 1 aromatic carbocycles. The third-order valence-electron chi connectivity index (χ3n) is 4.03. The van der Waals surface area contributed by atoms with E-state index in [-0.39, 0.29) is 0 Å². The highest BCUT2D eigenvalue weighted by atomic mass is 32.1. The van der Waals surface area contributed by atoms with Gasteiger partial charge in [0.2, 0.25) is 0 Å².